The number of terminal acetylenes is 2. The highest BCUT2D eigenvalue weighted by Crippen LogP contribution is 2.31. The molecule has 2 heteroatoms. The minimum absolute atomic E-state index is 0.244. The molecule has 94 valence electrons. The minimum atomic E-state index is 0.244. The number of hydrogen-bond donors (Lipinski definition) is 0. The third-order valence-corrected chi connectivity index (χ3v) is 2.76. The van der Waals surface area contributed by atoms with Crippen molar-refractivity contribution >= 4 is 10.8 Å². The van der Waals surface area contributed by atoms with Crippen LogP contribution < -0.4 is 9.47 Å². The Morgan fingerprint density at radius 2 is 1.68 bits per heavy atom. The molecule has 0 unspecified atom stereocenters. The molecule has 0 atom stereocenters. The zero-order valence-electron chi connectivity index (χ0n) is 10.8. The standard InChI is InChI=1S/C17H14O2/c1-4-9-18-16-8-6-7-14-11-13(3)17(12-15(14)16)19-10-5-2/h1-2,6-8,11-12H,9-10H2,3H3. The van der Waals surface area contributed by atoms with E-state index in [1.165, 1.54) is 0 Å². The number of fused-ring (bicyclic) bond motifs is 1. The molecule has 0 bridgehead atoms. The van der Waals surface area contributed by atoms with Gasteiger partial charge in [-0.2, -0.15) is 0 Å². The first-order chi connectivity index (χ1) is 9.26. The minimum Gasteiger partial charge on any atom is -0.481 e. The monoisotopic (exact) mass is 250 g/mol. The Morgan fingerprint density at radius 1 is 1.00 bits per heavy atom. The molecule has 2 rings (SSSR count). The summed E-state index contributed by atoms with van der Waals surface area (Å²) in [7, 11) is 0. The van der Waals surface area contributed by atoms with Crippen LogP contribution in [0.5, 0.6) is 11.5 Å². The molecule has 0 fully saturated rings. The van der Waals surface area contributed by atoms with E-state index in [9.17, 15) is 0 Å². The van der Waals surface area contributed by atoms with Gasteiger partial charge in [-0.25, -0.2) is 0 Å². The van der Waals surface area contributed by atoms with Gasteiger partial charge in [-0.05, 0) is 36.1 Å². The van der Waals surface area contributed by atoms with Crippen LogP contribution in [0.2, 0.25) is 0 Å². The second kappa shape index (κ2) is 5.85. The highest BCUT2D eigenvalue weighted by molar-refractivity contribution is 5.90. The lowest BCUT2D eigenvalue weighted by atomic mass is 10.1. The number of benzene rings is 2. The summed E-state index contributed by atoms with van der Waals surface area (Å²) in [6.45, 7) is 2.48. The van der Waals surface area contributed by atoms with Crippen LogP contribution in [0.4, 0.5) is 0 Å². The third kappa shape index (κ3) is 2.81. The molecule has 0 N–H and O–H groups in total. The van der Waals surface area contributed by atoms with E-state index in [2.05, 4.69) is 11.8 Å². The molecular weight excluding hydrogens is 236 g/mol. The maximum absolute atomic E-state index is 5.54. The maximum atomic E-state index is 5.54. The van der Waals surface area contributed by atoms with E-state index in [1.54, 1.807) is 0 Å². The zero-order chi connectivity index (χ0) is 13.7. The van der Waals surface area contributed by atoms with Gasteiger partial charge >= 0.3 is 0 Å². The number of rotatable bonds is 4. The molecule has 2 aromatic rings. The van der Waals surface area contributed by atoms with Crippen LogP contribution in [0, 0.1) is 31.6 Å². The molecule has 0 heterocycles. The summed E-state index contributed by atoms with van der Waals surface area (Å²) < 4.78 is 11.1. The molecule has 2 aromatic carbocycles. The summed E-state index contributed by atoms with van der Waals surface area (Å²) in [5.41, 5.74) is 1.04. The van der Waals surface area contributed by atoms with Gasteiger partial charge in [0, 0.05) is 5.39 Å². The summed E-state index contributed by atoms with van der Waals surface area (Å²) in [6, 6.07) is 9.84. The van der Waals surface area contributed by atoms with Gasteiger partial charge in [-0.15, -0.1) is 12.8 Å². The van der Waals surface area contributed by atoms with Crippen LogP contribution in [0.3, 0.4) is 0 Å². The van der Waals surface area contributed by atoms with Gasteiger partial charge in [0.2, 0.25) is 0 Å². The molecule has 0 aliphatic carbocycles. The van der Waals surface area contributed by atoms with Crippen molar-refractivity contribution in [2.24, 2.45) is 0 Å². The van der Waals surface area contributed by atoms with E-state index in [1.807, 2.05) is 37.3 Å². The number of hydrogen-bond acceptors (Lipinski definition) is 2. The molecular formula is C17H14O2. The molecule has 0 spiro atoms. The quantitative estimate of drug-likeness (QED) is 0.776. The Kier molecular flexibility index (Phi) is 3.96. The lowest BCUT2D eigenvalue weighted by molar-refractivity contribution is 0.366. The van der Waals surface area contributed by atoms with Gasteiger partial charge in [0.1, 0.15) is 24.7 Å². The lowest BCUT2D eigenvalue weighted by Gasteiger charge is -2.11. The van der Waals surface area contributed by atoms with Crippen molar-refractivity contribution in [2.45, 2.75) is 6.92 Å². The first-order valence-electron chi connectivity index (χ1n) is 5.92. The van der Waals surface area contributed by atoms with Crippen molar-refractivity contribution in [1.82, 2.24) is 0 Å². The second-order valence-corrected chi connectivity index (χ2v) is 4.08. The average Bonchev–Trinajstić information content (AvgIpc) is 2.42. The topological polar surface area (TPSA) is 18.5 Å². The summed E-state index contributed by atoms with van der Waals surface area (Å²) in [4.78, 5) is 0. The lowest BCUT2D eigenvalue weighted by Crippen LogP contribution is -1.97. The van der Waals surface area contributed by atoms with E-state index in [0.29, 0.717) is 0 Å². The van der Waals surface area contributed by atoms with Crippen molar-refractivity contribution in [3.05, 3.63) is 35.9 Å². The Morgan fingerprint density at radius 3 is 2.37 bits per heavy atom. The summed E-state index contributed by atoms with van der Waals surface area (Å²) >= 11 is 0. The first-order valence-corrected chi connectivity index (χ1v) is 5.92. The highest BCUT2D eigenvalue weighted by atomic mass is 16.5. The molecule has 0 amide bonds. The van der Waals surface area contributed by atoms with Gasteiger partial charge < -0.3 is 9.47 Å². The largest absolute Gasteiger partial charge is 0.481 e. The van der Waals surface area contributed by atoms with Crippen molar-refractivity contribution in [1.29, 1.82) is 0 Å². The van der Waals surface area contributed by atoms with Gasteiger partial charge in [0.15, 0.2) is 0 Å². The smallest absolute Gasteiger partial charge is 0.148 e. The van der Waals surface area contributed by atoms with Crippen LogP contribution >= 0.6 is 0 Å². The Balaban J connectivity index is 2.48. The molecule has 2 nitrogen and oxygen atoms in total. The fourth-order valence-electron chi connectivity index (χ4n) is 1.91. The van der Waals surface area contributed by atoms with E-state index < -0.39 is 0 Å². The van der Waals surface area contributed by atoms with E-state index in [0.717, 1.165) is 27.8 Å². The fourth-order valence-corrected chi connectivity index (χ4v) is 1.91. The number of aryl methyl sites for hydroxylation is 1. The summed E-state index contributed by atoms with van der Waals surface area (Å²) in [6.07, 6.45) is 10.4. The van der Waals surface area contributed by atoms with Gasteiger partial charge in [-0.1, -0.05) is 24.0 Å². The molecule has 0 saturated heterocycles. The summed E-state index contributed by atoms with van der Waals surface area (Å²) in [5, 5.41) is 2.05. The van der Waals surface area contributed by atoms with Gasteiger partial charge in [0.05, 0.1) is 0 Å². The van der Waals surface area contributed by atoms with E-state index >= 15 is 0 Å². The summed E-state index contributed by atoms with van der Waals surface area (Å²) in [5.74, 6) is 6.44. The predicted molar refractivity (Wildman–Crippen MR) is 77.3 cm³/mol. The van der Waals surface area contributed by atoms with Crippen molar-refractivity contribution < 1.29 is 9.47 Å². The number of ether oxygens (including phenoxy) is 2. The van der Waals surface area contributed by atoms with Crippen LogP contribution in [-0.2, 0) is 0 Å². The van der Waals surface area contributed by atoms with E-state index in [-0.39, 0.29) is 13.2 Å². The Labute approximate surface area is 113 Å². The van der Waals surface area contributed by atoms with Gasteiger partial charge in [-0.3, -0.25) is 0 Å². The highest BCUT2D eigenvalue weighted by Gasteiger charge is 2.07. The average molecular weight is 250 g/mol. The molecule has 0 aliphatic heterocycles. The van der Waals surface area contributed by atoms with Gasteiger partial charge in [0.25, 0.3) is 0 Å². The molecule has 0 radical (unpaired) electrons. The molecule has 0 aromatic heterocycles. The van der Waals surface area contributed by atoms with Crippen molar-refractivity contribution in [3.8, 4) is 36.2 Å². The predicted octanol–water partition coefficient (Wildman–Crippen LogP) is 3.17. The third-order valence-electron chi connectivity index (χ3n) is 2.76. The molecule has 0 saturated carbocycles. The van der Waals surface area contributed by atoms with Crippen LogP contribution in [0.1, 0.15) is 5.56 Å². The van der Waals surface area contributed by atoms with Crippen LogP contribution in [0.25, 0.3) is 10.8 Å². The maximum Gasteiger partial charge on any atom is 0.148 e. The normalized spacial score (nSPS) is 9.63. The Bertz CT molecular complexity index is 672. The van der Waals surface area contributed by atoms with Crippen LogP contribution in [0.15, 0.2) is 30.3 Å². The van der Waals surface area contributed by atoms with Crippen LogP contribution in [-0.4, -0.2) is 13.2 Å². The van der Waals surface area contributed by atoms with E-state index in [4.69, 9.17) is 22.3 Å². The SMILES string of the molecule is C#CCOc1cc2c(OCC#C)cccc2cc1C. The zero-order valence-corrected chi connectivity index (χ0v) is 10.8. The Hall–Kier alpha value is -2.58. The second-order valence-electron chi connectivity index (χ2n) is 4.08. The van der Waals surface area contributed by atoms with Crippen molar-refractivity contribution in [3.63, 3.8) is 0 Å². The first kappa shape index (κ1) is 12.9. The molecule has 0 aliphatic rings. The fraction of sp³-hybridized carbons (Fsp3) is 0.176. The molecule has 19 heavy (non-hydrogen) atoms. The van der Waals surface area contributed by atoms with Crippen molar-refractivity contribution in [2.75, 3.05) is 13.2 Å².